The van der Waals surface area contributed by atoms with E-state index in [1.807, 2.05) is 12.1 Å². The lowest BCUT2D eigenvalue weighted by molar-refractivity contribution is 0.323. The predicted octanol–water partition coefficient (Wildman–Crippen LogP) is 6.00. The maximum absolute atomic E-state index is 5.53. The van der Waals surface area contributed by atoms with Crippen molar-refractivity contribution in [3.8, 4) is 17.2 Å². The van der Waals surface area contributed by atoms with Gasteiger partial charge in [-0.15, -0.1) is 0 Å². The molecular formula is C22H25NO3S. The number of rotatable bonds is 6. The van der Waals surface area contributed by atoms with Crippen molar-refractivity contribution in [1.29, 1.82) is 0 Å². The number of hydrogen-bond donors (Lipinski definition) is 1. The van der Waals surface area contributed by atoms with Crippen LogP contribution in [0.25, 0.3) is 10.9 Å². The van der Waals surface area contributed by atoms with E-state index in [1.165, 1.54) is 47.2 Å². The molecule has 1 heterocycles. The number of para-hydroxylation sites is 1. The summed E-state index contributed by atoms with van der Waals surface area (Å²) in [4.78, 5) is 6.09. The molecule has 0 aliphatic heterocycles. The molecule has 2 aromatic carbocycles. The lowest BCUT2D eigenvalue weighted by Gasteiger charge is -2.15. The second kappa shape index (κ2) is 7.77. The number of H-pyrrole nitrogens is 1. The van der Waals surface area contributed by atoms with Crippen molar-refractivity contribution in [2.45, 2.75) is 41.4 Å². The van der Waals surface area contributed by atoms with Crippen LogP contribution in [-0.4, -0.2) is 26.3 Å². The van der Waals surface area contributed by atoms with Gasteiger partial charge in [-0.3, -0.25) is 0 Å². The number of aromatic nitrogens is 1. The van der Waals surface area contributed by atoms with Gasteiger partial charge in [-0.1, -0.05) is 42.8 Å². The van der Waals surface area contributed by atoms with Crippen LogP contribution in [0.3, 0.4) is 0 Å². The Morgan fingerprint density at radius 1 is 0.926 bits per heavy atom. The first-order valence-corrected chi connectivity index (χ1v) is 10.1. The first-order valence-electron chi connectivity index (χ1n) is 9.33. The number of hydrogen-bond acceptors (Lipinski definition) is 4. The third-order valence-electron chi connectivity index (χ3n) is 5.31. The third-order valence-corrected chi connectivity index (χ3v) is 6.42. The Balaban J connectivity index is 1.80. The largest absolute Gasteiger partial charge is 0.493 e. The van der Waals surface area contributed by atoms with Crippen LogP contribution in [0.2, 0.25) is 0 Å². The fourth-order valence-electron chi connectivity index (χ4n) is 3.98. The minimum atomic E-state index is 0.613. The molecule has 1 saturated carbocycles. The summed E-state index contributed by atoms with van der Waals surface area (Å²) in [6.07, 6.45) is 5.15. The highest BCUT2D eigenvalue weighted by Crippen LogP contribution is 2.47. The maximum atomic E-state index is 5.53. The van der Waals surface area contributed by atoms with E-state index in [4.69, 9.17) is 14.2 Å². The molecule has 1 aliphatic carbocycles. The first-order chi connectivity index (χ1) is 13.2. The van der Waals surface area contributed by atoms with Crippen molar-refractivity contribution in [2.75, 3.05) is 21.3 Å². The van der Waals surface area contributed by atoms with E-state index >= 15 is 0 Å². The normalized spacial score (nSPS) is 14.6. The van der Waals surface area contributed by atoms with Crippen LogP contribution in [0.1, 0.15) is 37.3 Å². The quantitative estimate of drug-likeness (QED) is 0.567. The van der Waals surface area contributed by atoms with Gasteiger partial charge in [-0.2, -0.15) is 0 Å². The zero-order valence-electron chi connectivity index (χ0n) is 16.0. The van der Waals surface area contributed by atoms with Gasteiger partial charge in [-0.25, -0.2) is 0 Å². The Morgan fingerprint density at radius 2 is 1.59 bits per heavy atom. The minimum Gasteiger partial charge on any atom is -0.493 e. The molecule has 0 atom stereocenters. The van der Waals surface area contributed by atoms with Gasteiger partial charge in [0.25, 0.3) is 0 Å². The molecule has 0 spiro atoms. The van der Waals surface area contributed by atoms with Crippen LogP contribution >= 0.6 is 11.8 Å². The number of methoxy groups -OCH3 is 3. The molecular weight excluding hydrogens is 358 g/mol. The highest BCUT2D eigenvalue weighted by molar-refractivity contribution is 7.99. The summed E-state index contributed by atoms with van der Waals surface area (Å²) >= 11 is 1.77. The Labute approximate surface area is 164 Å². The third kappa shape index (κ3) is 3.36. The van der Waals surface area contributed by atoms with Crippen molar-refractivity contribution in [3.63, 3.8) is 0 Å². The molecule has 0 saturated heterocycles. The molecule has 0 radical (unpaired) electrons. The summed E-state index contributed by atoms with van der Waals surface area (Å²) in [5, 5.41) is 1.28. The molecule has 1 aliphatic rings. The zero-order chi connectivity index (χ0) is 18.8. The molecule has 4 rings (SSSR count). The summed E-state index contributed by atoms with van der Waals surface area (Å²) < 4.78 is 16.5. The Bertz CT molecular complexity index is 919. The van der Waals surface area contributed by atoms with Crippen molar-refractivity contribution in [3.05, 3.63) is 42.1 Å². The van der Waals surface area contributed by atoms with Crippen LogP contribution in [0, 0.1) is 0 Å². The number of aromatic amines is 1. The van der Waals surface area contributed by atoms with Crippen LogP contribution in [0.5, 0.6) is 17.2 Å². The molecule has 0 amide bonds. The smallest absolute Gasteiger partial charge is 0.203 e. The molecule has 1 N–H and O–H groups in total. The van der Waals surface area contributed by atoms with Crippen LogP contribution in [-0.2, 0) is 0 Å². The monoisotopic (exact) mass is 383 g/mol. The predicted molar refractivity (Wildman–Crippen MR) is 110 cm³/mol. The van der Waals surface area contributed by atoms with E-state index < -0.39 is 0 Å². The zero-order valence-corrected chi connectivity index (χ0v) is 16.8. The number of fused-ring (bicyclic) bond motifs is 1. The fraction of sp³-hybridized carbons (Fsp3) is 0.364. The van der Waals surface area contributed by atoms with E-state index in [0.717, 1.165) is 4.90 Å². The highest BCUT2D eigenvalue weighted by atomic mass is 32.2. The maximum Gasteiger partial charge on any atom is 0.203 e. The summed E-state index contributed by atoms with van der Waals surface area (Å²) in [5.41, 5.74) is 2.57. The Morgan fingerprint density at radius 3 is 2.22 bits per heavy atom. The van der Waals surface area contributed by atoms with E-state index in [9.17, 15) is 0 Å². The van der Waals surface area contributed by atoms with Gasteiger partial charge >= 0.3 is 0 Å². The number of ether oxygens (including phenoxy) is 3. The van der Waals surface area contributed by atoms with E-state index in [1.54, 1.807) is 33.1 Å². The van der Waals surface area contributed by atoms with Gasteiger partial charge in [0.1, 0.15) is 0 Å². The van der Waals surface area contributed by atoms with Crippen LogP contribution < -0.4 is 14.2 Å². The lowest BCUT2D eigenvalue weighted by Crippen LogP contribution is -1.96. The minimum absolute atomic E-state index is 0.613. The molecule has 0 unspecified atom stereocenters. The molecule has 1 fully saturated rings. The molecule has 142 valence electrons. The molecule has 27 heavy (non-hydrogen) atoms. The van der Waals surface area contributed by atoms with E-state index in [0.29, 0.717) is 23.2 Å². The molecule has 3 aromatic rings. The van der Waals surface area contributed by atoms with Gasteiger partial charge in [0, 0.05) is 32.3 Å². The molecule has 0 bridgehead atoms. The molecule has 5 heteroatoms. The van der Waals surface area contributed by atoms with Crippen LogP contribution in [0.15, 0.2) is 46.2 Å². The van der Waals surface area contributed by atoms with Gasteiger partial charge in [0.2, 0.25) is 5.75 Å². The fourth-order valence-corrected chi connectivity index (χ4v) is 5.17. The summed E-state index contributed by atoms with van der Waals surface area (Å²) in [6, 6.07) is 12.6. The second-order valence-corrected chi connectivity index (χ2v) is 7.94. The summed E-state index contributed by atoms with van der Waals surface area (Å²) in [5.74, 6) is 2.60. The molecule has 4 nitrogen and oxygen atoms in total. The van der Waals surface area contributed by atoms with Crippen molar-refractivity contribution in [2.24, 2.45) is 0 Å². The topological polar surface area (TPSA) is 43.5 Å². The van der Waals surface area contributed by atoms with E-state index in [-0.39, 0.29) is 0 Å². The SMILES string of the molecule is COc1cc(Sc2c(C3CCCC3)[nH]c3ccccc23)cc(OC)c1OC. The van der Waals surface area contributed by atoms with Crippen molar-refractivity contribution >= 4 is 22.7 Å². The lowest BCUT2D eigenvalue weighted by atomic mass is 10.0. The Kier molecular flexibility index (Phi) is 5.21. The van der Waals surface area contributed by atoms with Gasteiger partial charge in [-0.05, 0) is 31.0 Å². The van der Waals surface area contributed by atoms with Gasteiger partial charge in [0.15, 0.2) is 11.5 Å². The van der Waals surface area contributed by atoms with E-state index in [2.05, 4.69) is 29.2 Å². The van der Waals surface area contributed by atoms with Gasteiger partial charge < -0.3 is 19.2 Å². The standard InChI is InChI=1S/C22H25NO3S/c1-24-18-12-15(13-19(25-2)21(18)26-3)27-22-16-10-6-7-11-17(16)23-20(22)14-8-4-5-9-14/h6-7,10-14,23H,4-5,8-9H2,1-3H3. The summed E-state index contributed by atoms with van der Waals surface area (Å²) in [7, 11) is 4.94. The van der Waals surface area contributed by atoms with Crippen molar-refractivity contribution in [1.82, 2.24) is 4.98 Å². The number of nitrogens with one attached hydrogen (secondary N) is 1. The highest BCUT2D eigenvalue weighted by Gasteiger charge is 2.24. The first kappa shape index (κ1) is 18.1. The average Bonchev–Trinajstić information content (AvgIpc) is 3.35. The van der Waals surface area contributed by atoms with Crippen LogP contribution in [0.4, 0.5) is 0 Å². The average molecular weight is 384 g/mol. The van der Waals surface area contributed by atoms with Crippen molar-refractivity contribution < 1.29 is 14.2 Å². The molecule has 1 aromatic heterocycles. The second-order valence-electron chi connectivity index (χ2n) is 6.86. The van der Waals surface area contributed by atoms with Gasteiger partial charge in [0.05, 0.1) is 21.3 Å². The number of benzene rings is 2. The Hall–Kier alpha value is -2.27. The summed E-state index contributed by atoms with van der Waals surface area (Å²) in [6.45, 7) is 0.